The van der Waals surface area contributed by atoms with E-state index in [2.05, 4.69) is 47.1 Å². The SMILES string of the molecule is CC(N)Cc1cccnc1N1CC(C)Cc2ccccc21. The molecule has 0 radical (unpaired) electrons. The molecule has 1 aromatic carbocycles. The Bertz CT molecular complexity index is 621. The van der Waals surface area contributed by atoms with E-state index in [9.17, 15) is 0 Å². The van der Waals surface area contributed by atoms with Gasteiger partial charge in [-0.25, -0.2) is 4.98 Å². The Morgan fingerprint density at radius 2 is 2.10 bits per heavy atom. The smallest absolute Gasteiger partial charge is 0.136 e. The van der Waals surface area contributed by atoms with Gasteiger partial charge in [0.2, 0.25) is 0 Å². The number of nitrogens with two attached hydrogens (primary N) is 1. The minimum Gasteiger partial charge on any atom is -0.328 e. The molecule has 2 aromatic rings. The van der Waals surface area contributed by atoms with Crippen LogP contribution in [0.1, 0.15) is 25.0 Å². The lowest BCUT2D eigenvalue weighted by atomic mass is 9.93. The van der Waals surface area contributed by atoms with Gasteiger partial charge in [-0.15, -0.1) is 0 Å². The quantitative estimate of drug-likeness (QED) is 0.938. The zero-order valence-corrected chi connectivity index (χ0v) is 12.8. The summed E-state index contributed by atoms with van der Waals surface area (Å²) < 4.78 is 0. The van der Waals surface area contributed by atoms with Crippen molar-refractivity contribution in [3.8, 4) is 0 Å². The minimum absolute atomic E-state index is 0.144. The molecule has 0 spiro atoms. The normalized spacial score (nSPS) is 19.2. The summed E-state index contributed by atoms with van der Waals surface area (Å²) in [6.07, 6.45) is 3.88. The molecule has 0 amide bonds. The second-order valence-electron chi connectivity index (χ2n) is 6.22. The zero-order chi connectivity index (χ0) is 14.8. The van der Waals surface area contributed by atoms with E-state index in [0.29, 0.717) is 5.92 Å². The molecule has 2 atom stereocenters. The molecule has 1 aliphatic heterocycles. The van der Waals surface area contributed by atoms with Crippen molar-refractivity contribution in [2.24, 2.45) is 11.7 Å². The third kappa shape index (κ3) is 2.93. The number of rotatable bonds is 3. The molecular weight excluding hydrogens is 258 g/mol. The summed E-state index contributed by atoms with van der Waals surface area (Å²) in [5, 5.41) is 0. The third-order valence-electron chi connectivity index (χ3n) is 4.01. The van der Waals surface area contributed by atoms with Gasteiger partial charge in [-0.2, -0.15) is 0 Å². The van der Waals surface area contributed by atoms with Crippen LogP contribution in [0, 0.1) is 5.92 Å². The Morgan fingerprint density at radius 1 is 1.29 bits per heavy atom. The van der Waals surface area contributed by atoms with Crippen molar-refractivity contribution >= 4 is 11.5 Å². The standard InChI is InChI=1S/C18H23N3/c1-13-10-15-6-3-4-8-17(15)21(12-13)18-16(11-14(2)19)7-5-9-20-18/h3-9,13-14H,10-12,19H2,1-2H3. The van der Waals surface area contributed by atoms with Gasteiger partial charge >= 0.3 is 0 Å². The Kier molecular flexibility index (Phi) is 3.93. The first-order chi connectivity index (χ1) is 10.1. The molecule has 0 saturated heterocycles. The van der Waals surface area contributed by atoms with Gasteiger partial charge in [0.05, 0.1) is 0 Å². The van der Waals surface area contributed by atoms with E-state index < -0.39 is 0 Å². The predicted octanol–water partition coefficient (Wildman–Crippen LogP) is 3.30. The van der Waals surface area contributed by atoms with Crippen LogP contribution in [0.15, 0.2) is 42.6 Å². The molecule has 1 aliphatic rings. The van der Waals surface area contributed by atoms with E-state index in [-0.39, 0.29) is 6.04 Å². The highest BCUT2D eigenvalue weighted by Crippen LogP contribution is 2.35. The number of para-hydroxylation sites is 1. The fraction of sp³-hybridized carbons (Fsp3) is 0.389. The maximum atomic E-state index is 6.00. The van der Waals surface area contributed by atoms with Crippen LogP contribution in [0.3, 0.4) is 0 Å². The molecule has 21 heavy (non-hydrogen) atoms. The predicted molar refractivity (Wildman–Crippen MR) is 87.9 cm³/mol. The molecule has 2 unspecified atom stereocenters. The summed E-state index contributed by atoms with van der Waals surface area (Å²) in [5.74, 6) is 1.69. The van der Waals surface area contributed by atoms with Gasteiger partial charge in [-0.3, -0.25) is 0 Å². The van der Waals surface area contributed by atoms with E-state index in [4.69, 9.17) is 5.73 Å². The van der Waals surface area contributed by atoms with Gasteiger partial charge in [0.1, 0.15) is 5.82 Å². The van der Waals surface area contributed by atoms with Gasteiger partial charge in [0, 0.05) is 24.5 Å². The Balaban J connectivity index is 2.05. The van der Waals surface area contributed by atoms with Gasteiger partial charge < -0.3 is 10.6 Å². The van der Waals surface area contributed by atoms with Gasteiger partial charge in [-0.1, -0.05) is 31.2 Å². The molecule has 110 valence electrons. The molecule has 1 aromatic heterocycles. The van der Waals surface area contributed by atoms with Crippen LogP contribution in [-0.4, -0.2) is 17.6 Å². The Morgan fingerprint density at radius 3 is 2.90 bits per heavy atom. The van der Waals surface area contributed by atoms with E-state index >= 15 is 0 Å². The van der Waals surface area contributed by atoms with Gasteiger partial charge in [-0.05, 0) is 48.9 Å². The number of anilines is 2. The Hall–Kier alpha value is -1.87. The van der Waals surface area contributed by atoms with Crippen molar-refractivity contribution < 1.29 is 0 Å². The summed E-state index contributed by atoms with van der Waals surface area (Å²) >= 11 is 0. The summed E-state index contributed by atoms with van der Waals surface area (Å²) in [7, 11) is 0. The van der Waals surface area contributed by atoms with Crippen molar-refractivity contribution in [1.29, 1.82) is 0 Å². The first-order valence-corrected chi connectivity index (χ1v) is 7.70. The summed E-state index contributed by atoms with van der Waals surface area (Å²) in [5.41, 5.74) is 9.93. The fourth-order valence-corrected chi connectivity index (χ4v) is 3.18. The lowest BCUT2D eigenvalue weighted by Crippen LogP contribution is -2.32. The highest BCUT2D eigenvalue weighted by Gasteiger charge is 2.24. The average molecular weight is 281 g/mol. The molecule has 0 aliphatic carbocycles. The zero-order valence-electron chi connectivity index (χ0n) is 12.8. The summed E-state index contributed by atoms with van der Waals surface area (Å²) in [6.45, 7) is 5.36. The van der Waals surface area contributed by atoms with Crippen LogP contribution in [-0.2, 0) is 12.8 Å². The number of nitrogens with zero attached hydrogens (tertiary/aromatic N) is 2. The van der Waals surface area contributed by atoms with Crippen LogP contribution in [0.25, 0.3) is 0 Å². The van der Waals surface area contributed by atoms with Crippen molar-refractivity contribution in [1.82, 2.24) is 4.98 Å². The molecular formula is C18H23N3. The van der Waals surface area contributed by atoms with E-state index in [1.807, 2.05) is 19.2 Å². The third-order valence-corrected chi connectivity index (χ3v) is 4.01. The monoisotopic (exact) mass is 281 g/mol. The maximum Gasteiger partial charge on any atom is 0.136 e. The minimum atomic E-state index is 0.144. The molecule has 0 bridgehead atoms. The van der Waals surface area contributed by atoms with Crippen LogP contribution >= 0.6 is 0 Å². The largest absolute Gasteiger partial charge is 0.328 e. The van der Waals surface area contributed by atoms with Crippen molar-refractivity contribution in [3.05, 3.63) is 53.7 Å². The second-order valence-corrected chi connectivity index (χ2v) is 6.22. The highest BCUT2D eigenvalue weighted by molar-refractivity contribution is 5.67. The second kappa shape index (κ2) is 5.86. The van der Waals surface area contributed by atoms with E-state index in [0.717, 1.165) is 25.2 Å². The molecule has 0 saturated carbocycles. The molecule has 0 fully saturated rings. The van der Waals surface area contributed by atoms with Gasteiger partial charge in [0.15, 0.2) is 0 Å². The highest BCUT2D eigenvalue weighted by atomic mass is 15.2. The van der Waals surface area contributed by atoms with Crippen LogP contribution in [0.4, 0.5) is 11.5 Å². The first kappa shape index (κ1) is 14.1. The van der Waals surface area contributed by atoms with Crippen molar-refractivity contribution in [2.75, 3.05) is 11.4 Å². The van der Waals surface area contributed by atoms with Crippen LogP contribution < -0.4 is 10.6 Å². The maximum absolute atomic E-state index is 6.00. The van der Waals surface area contributed by atoms with Gasteiger partial charge in [0.25, 0.3) is 0 Å². The number of fused-ring (bicyclic) bond motifs is 1. The van der Waals surface area contributed by atoms with Crippen LogP contribution in [0.2, 0.25) is 0 Å². The first-order valence-electron chi connectivity index (χ1n) is 7.70. The number of pyridine rings is 1. The lowest BCUT2D eigenvalue weighted by Gasteiger charge is -2.35. The van der Waals surface area contributed by atoms with Crippen LogP contribution in [0.5, 0.6) is 0 Å². The van der Waals surface area contributed by atoms with E-state index in [1.165, 1.54) is 16.8 Å². The molecule has 2 heterocycles. The van der Waals surface area contributed by atoms with Crippen molar-refractivity contribution in [2.45, 2.75) is 32.7 Å². The molecule has 2 N–H and O–H groups in total. The molecule has 3 nitrogen and oxygen atoms in total. The number of aromatic nitrogens is 1. The van der Waals surface area contributed by atoms with E-state index in [1.54, 1.807) is 0 Å². The molecule has 3 rings (SSSR count). The lowest BCUT2D eigenvalue weighted by molar-refractivity contribution is 0.558. The average Bonchev–Trinajstić information content (AvgIpc) is 2.46. The number of hydrogen-bond acceptors (Lipinski definition) is 3. The fourth-order valence-electron chi connectivity index (χ4n) is 3.18. The Labute approximate surface area is 126 Å². The molecule has 3 heteroatoms. The van der Waals surface area contributed by atoms with Crippen molar-refractivity contribution in [3.63, 3.8) is 0 Å². The number of benzene rings is 1. The topological polar surface area (TPSA) is 42.1 Å². The summed E-state index contributed by atoms with van der Waals surface area (Å²) in [4.78, 5) is 7.02. The number of hydrogen-bond donors (Lipinski definition) is 1. The summed E-state index contributed by atoms with van der Waals surface area (Å²) in [6, 6.07) is 12.9.